The molecule has 1 aromatic heterocycles. The van der Waals surface area contributed by atoms with Crippen LogP contribution in [0.5, 0.6) is 0 Å². The van der Waals surface area contributed by atoms with Gasteiger partial charge in [-0.3, -0.25) is 9.59 Å². The SMILES string of the molecule is CC(Nc1ccc(C=O)cc1)c1oc2ccc(F)cc2c(=O)c1-c1cccc(F)c1. The van der Waals surface area contributed by atoms with Crippen molar-refractivity contribution in [3.05, 3.63) is 99.9 Å². The third-order valence-corrected chi connectivity index (χ3v) is 4.82. The number of nitrogens with one attached hydrogen (secondary N) is 1. The topological polar surface area (TPSA) is 59.3 Å². The maximum Gasteiger partial charge on any atom is 0.200 e. The van der Waals surface area contributed by atoms with Gasteiger partial charge in [0.25, 0.3) is 0 Å². The standard InChI is InChI=1S/C24H17F2NO3/c1-14(27-19-8-5-15(13-28)6-9-19)24-22(16-3-2-4-17(25)11-16)23(29)20-12-18(26)7-10-21(20)30-24/h2-14,27H,1H3. The molecule has 1 N–H and O–H groups in total. The number of benzene rings is 3. The summed E-state index contributed by atoms with van der Waals surface area (Å²) in [5, 5.41) is 3.30. The van der Waals surface area contributed by atoms with Gasteiger partial charge in [-0.05, 0) is 67.1 Å². The lowest BCUT2D eigenvalue weighted by molar-refractivity contribution is 0.112. The molecule has 0 saturated heterocycles. The molecular weight excluding hydrogens is 388 g/mol. The summed E-state index contributed by atoms with van der Waals surface area (Å²) in [5.74, 6) is -0.763. The minimum Gasteiger partial charge on any atom is -0.458 e. The van der Waals surface area contributed by atoms with Crippen molar-refractivity contribution in [1.82, 2.24) is 0 Å². The van der Waals surface area contributed by atoms with Crippen molar-refractivity contribution in [2.45, 2.75) is 13.0 Å². The average molecular weight is 405 g/mol. The molecule has 4 rings (SSSR count). The summed E-state index contributed by atoms with van der Waals surface area (Å²) in [4.78, 5) is 24.1. The second-order valence-electron chi connectivity index (χ2n) is 6.93. The minimum absolute atomic E-state index is 0.0838. The molecule has 4 aromatic rings. The summed E-state index contributed by atoms with van der Waals surface area (Å²) < 4.78 is 33.6. The summed E-state index contributed by atoms with van der Waals surface area (Å²) in [5.41, 5.74) is 1.54. The number of hydrogen-bond acceptors (Lipinski definition) is 4. The molecule has 1 heterocycles. The van der Waals surface area contributed by atoms with Gasteiger partial charge in [-0.2, -0.15) is 0 Å². The van der Waals surface area contributed by atoms with Crippen molar-refractivity contribution in [1.29, 1.82) is 0 Å². The number of carbonyl (C=O) groups excluding carboxylic acids is 1. The Balaban J connectivity index is 1.88. The predicted octanol–water partition coefficient (Wildman–Crippen LogP) is 5.72. The van der Waals surface area contributed by atoms with E-state index in [0.29, 0.717) is 22.6 Å². The van der Waals surface area contributed by atoms with Gasteiger partial charge in [-0.25, -0.2) is 8.78 Å². The Labute approximate surface area is 170 Å². The fourth-order valence-corrected chi connectivity index (χ4v) is 3.38. The van der Waals surface area contributed by atoms with Crippen molar-refractivity contribution >= 4 is 22.9 Å². The lowest BCUT2D eigenvalue weighted by atomic mass is 9.99. The largest absolute Gasteiger partial charge is 0.458 e. The lowest BCUT2D eigenvalue weighted by Gasteiger charge is -2.18. The first-order valence-corrected chi connectivity index (χ1v) is 9.30. The zero-order chi connectivity index (χ0) is 21.3. The zero-order valence-electron chi connectivity index (χ0n) is 16.0. The highest BCUT2D eigenvalue weighted by atomic mass is 19.1. The molecule has 4 nitrogen and oxygen atoms in total. The van der Waals surface area contributed by atoms with Gasteiger partial charge in [-0.15, -0.1) is 0 Å². The van der Waals surface area contributed by atoms with Gasteiger partial charge >= 0.3 is 0 Å². The van der Waals surface area contributed by atoms with E-state index in [4.69, 9.17) is 4.42 Å². The normalized spacial score (nSPS) is 12.0. The third kappa shape index (κ3) is 3.72. The fourth-order valence-electron chi connectivity index (χ4n) is 3.38. The van der Waals surface area contributed by atoms with E-state index in [1.165, 1.54) is 30.3 Å². The third-order valence-electron chi connectivity index (χ3n) is 4.82. The summed E-state index contributed by atoms with van der Waals surface area (Å²) >= 11 is 0. The molecule has 3 aromatic carbocycles. The monoisotopic (exact) mass is 405 g/mol. The van der Waals surface area contributed by atoms with E-state index in [-0.39, 0.29) is 16.5 Å². The summed E-state index contributed by atoms with van der Waals surface area (Å²) in [7, 11) is 0. The van der Waals surface area contributed by atoms with Gasteiger partial charge in [0.1, 0.15) is 29.3 Å². The molecule has 0 amide bonds. The second kappa shape index (κ2) is 7.91. The van der Waals surface area contributed by atoms with Crippen LogP contribution in [0.4, 0.5) is 14.5 Å². The van der Waals surface area contributed by atoms with E-state index in [2.05, 4.69) is 5.32 Å². The Hall–Kier alpha value is -3.80. The molecule has 1 atom stereocenters. The molecule has 1 unspecified atom stereocenters. The number of anilines is 1. The van der Waals surface area contributed by atoms with Crippen LogP contribution in [0.15, 0.2) is 75.9 Å². The minimum atomic E-state index is -0.561. The molecule has 6 heteroatoms. The first-order valence-electron chi connectivity index (χ1n) is 9.30. The van der Waals surface area contributed by atoms with E-state index < -0.39 is 23.1 Å². The highest BCUT2D eigenvalue weighted by Gasteiger charge is 2.21. The van der Waals surface area contributed by atoms with Crippen LogP contribution in [-0.2, 0) is 0 Å². The van der Waals surface area contributed by atoms with Crippen LogP contribution in [0.3, 0.4) is 0 Å². The van der Waals surface area contributed by atoms with Crippen molar-refractivity contribution < 1.29 is 18.0 Å². The van der Waals surface area contributed by atoms with Crippen molar-refractivity contribution in [3.8, 4) is 11.1 Å². The van der Waals surface area contributed by atoms with Gasteiger partial charge in [0, 0.05) is 11.3 Å². The Morgan fingerprint density at radius 1 is 0.967 bits per heavy atom. The first kappa shape index (κ1) is 19.5. The summed E-state index contributed by atoms with van der Waals surface area (Å²) in [6.45, 7) is 1.80. The molecular formula is C24H17F2NO3. The van der Waals surface area contributed by atoms with Crippen LogP contribution in [-0.4, -0.2) is 6.29 Å². The van der Waals surface area contributed by atoms with Gasteiger partial charge in [0.15, 0.2) is 0 Å². The highest BCUT2D eigenvalue weighted by molar-refractivity contribution is 5.83. The van der Waals surface area contributed by atoms with Crippen LogP contribution >= 0.6 is 0 Å². The van der Waals surface area contributed by atoms with Gasteiger partial charge in [-0.1, -0.05) is 12.1 Å². The second-order valence-corrected chi connectivity index (χ2v) is 6.93. The number of halogens is 2. The van der Waals surface area contributed by atoms with Gasteiger partial charge < -0.3 is 9.73 Å². The molecule has 150 valence electrons. The molecule has 0 saturated carbocycles. The Bertz CT molecular complexity index is 1300. The highest BCUT2D eigenvalue weighted by Crippen LogP contribution is 2.31. The first-order chi connectivity index (χ1) is 14.5. The Morgan fingerprint density at radius 3 is 2.40 bits per heavy atom. The number of hydrogen-bond donors (Lipinski definition) is 1. The number of rotatable bonds is 5. The van der Waals surface area contributed by atoms with Crippen LogP contribution < -0.4 is 10.7 Å². The molecule has 30 heavy (non-hydrogen) atoms. The zero-order valence-corrected chi connectivity index (χ0v) is 16.0. The van der Waals surface area contributed by atoms with E-state index in [1.54, 1.807) is 37.3 Å². The van der Waals surface area contributed by atoms with E-state index in [9.17, 15) is 18.4 Å². The van der Waals surface area contributed by atoms with E-state index >= 15 is 0 Å². The van der Waals surface area contributed by atoms with E-state index in [0.717, 1.165) is 12.4 Å². The maximum absolute atomic E-state index is 13.9. The molecule has 0 bridgehead atoms. The summed E-state index contributed by atoms with van der Waals surface area (Å²) in [6.07, 6.45) is 0.747. The van der Waals surface area contributed by atoms with Crippen LogP contribution in [0.25, 0.3) is 22.1 Å². The number of aldehydes is 1. The van der Waals surface area contributed by atoms with Crippen molar-refractivity contribution in [3.63, 3.8) is 0 Å². The molecule has 0 radical (unpaired) electrons. The van der Waals surface area contributed by atoms with Crippen molar-refractivity contribution in [2.75, 3.05) is 5.32 Å². The Kier molecular flexibility index (Phi) is 5.14. The van der Waals surface area contributed by atoms with Crippen LogP contribution in [0, 0.1) is 11.6 Å². The maximum atomic E-state index is 13.9. The molecule has 0 fully saturated rings. The van der Waals surface area contributed by atoms with E-state index in [1.807, 2.05) is 0 Å². The lowest BCUT2D eigenvalue weighted by Crippen LogP contribution is -2.15. The van der Waals surface area contributed by atoms with Gasteiger partial charge in [0.05, 0.1) is 17.0 Å². The molecule has 0 aliphatic heterocycles. The van der Waals surface area contributed by atoms with Crippen LogP contribution in [0.2, 0.25) is 0 Å². The van der Waals surface area contributed by atoms with Gasteiger partial charge in [0.2, 0.25) is 5.43 Å². The number of fused-ring (bicyclic) bond motifs is 1. The van der Waals surface area contributed by atoms with Crippen molar-refractivity contribution in [2.24, 2.45) is 0 Å². The number of carbonyl (C=O) groups is 1. The quantitative estimate of drug-likeness (QED) is 0.431. The molecule has 0 spiro atoms. The molecule has 0 aliphatic carbocycles. The average Bonchev–Trinajstić information content (AvgIpc) is 2.74. The van der Waals surface area contributed by atoms with Crippen LogP contribution in [0.1, 0.15) is 29.1 Å². The fraction of sp³-hybridized carbons (Fsp3) is 0.0833. The summed E-state index contributed by atoms with van der Waals surface area (Å²) in [6, 6.07) is 15.7. The smallest absolute Gasteiger partial charge is 0.200 e. The molecule has 0 aliphatic rings. The Morgan fingerprint density at radius 2 is 1.70 bits per heavy atom. The predicted molar refractivity (Wildman–Crippen MR) is 112 cm³/mol.